The second-order valence-electron chi connectivity index (χ2n) is 4.63. The number of allylic oxidation sites excluding steroid dienone is 1. The fourth-order valence-electron chi connectivity index (χ4n) is 2.14. The molecule has 102 valence electrons. The molecule has 0 fully saturated rings. The lowest BCUT2D eigenvalue weighted by Gasteiger charge is -2.01. The molecule has 0 unspecified atom stereocenters. The zero-order valence-corrected chi connectivity index (χ0v) is 12.7. The van der Waals surface area contributed by atoms with Crippen LogP contribution in [0.25, 0.3) is 17.0 Å². The van der Waals surface area contributed by atoms with E-state index in [1.54, 1.807) is 12.3 Å². The Balaban J connectivity index is 1.92. The number of carbonyl (C=O) groups excluding carboxylic acids is 1. The predicted molar refractivity (Wildman–Crippen MR) is 89.2 cm³/mol. The number of hydrogen-bond donors (Lipinski definition) is 0. The number of carbonyl (C=O) groups is 1. The molecule has 0 amide bonds. The van der Waals surface area contributed by atoms with Gasteiger partial charge in [0.05, 0.1) is 5.52 Å². The van der Waals surface area contributed by atoms with E-state index in [0.717, 1.165) is 20.9 Å². The van der Waals surface area contributed by atoms with E-state index in [1.165, 1.54) is 0 Å². The van der Waals surface area contributed by atoms with Crippen molar-refractivity contribution in [1.29, 1.82) is 0 Å². The van der Waals surface area contributed by atoms with Crippen molar-refractivity contribution in [2.24, 2.45) is 0 Å². The van der Waals surface area contributed by atoms with Gasteiger partial charge in [-0.25, -0.2) is 0 Å². The Morgan fingerprint density at radius 1 is 1.00 bits per heavy atom. The van der Waals surface area contributed by atoms with Gasteiger partial charge >= 0.3 is 0 Å². The molecule has 0 saturated carbocycles. The van der Waals surface area contributed by atoms with Gasteiger partial charge in [-0.15, -0.1) is 0 Å². The molecule has 2 nitrogen and oxygen atoms in total. The maximum Gasteiger partial charge on any atom is 0.188 e. The molecule has 3 rings (SSSR count). The summed E-state index contributed by atoms with van der Waals surface area (Å²) in [6.45, 7) is 0. The first-order valence-electron chi connectivity index (χ1n) is 6.56. The second-order valence-corrected chi connectivity index (χ2v) is 5.55. The van der Waals surface area contributed by atoms with Gasteiger partial charge in [-0.3, -0.25) is 9.78 Å². The minimum absolute atomic E-state index is 0.0396. The lowest BCUT2D eigenvalue weighted by Crippen LogP contribution is -1.96. The van der Waals surface area contributed by atoms with E-state index in [2.05, 4.69) is 20.9 Å². The highest BCUT2D eigenvalue weighted by Crippen LogP contribution is 2.17. The molecule has 1 aromatic heterocycles. The van der Waals surface area contributed by atoms with Crippen LogP contribution in [0.1, 0.15) is 15.9 Å². The summed E-state index contributed by atoms with van der Waals surface area (Å²) < 4.78 is 1.02. The van der Waals surface area contributed by atoms with Crippen LogP contribution in [-0.4, -0.2) is 10.8 Å². The van der Waals surface area contributed by atoms with Crippen molar-refractivity contribution in [3.63, 3.8) is 0 Å². The minimum Gasteiger partial charge on any atom is -0.289 e. The van der Waals surface area contributed by atoms with Gasteiger partial charge in [0.25, 0.3) is 0 Å². The van der Waals surface area contributed by atoms with Crippen LogP contribution in [0.15, 0.2) is 71.3 Å². The van der Waals surface area contributed by atoms with Gasteiger partial charge in [-0.1, -0.05) is 52.3 Å². The highest BCUT2D eigenvalue weighted by atomic mass is 79.9. The van der Waals surface area contributed by atoms with Crippen LogP contribution < -0.4 is 0 Å². The summed E-state index contributed by atoms with van der Waals surface area (Å²) in [4.78, 5) is 16.7. The number of fused-ring (bicyclic) bond motifs is 1. The Morgan fingerprint density at radius 2 is 1.76 bits per heavy atom. The third kappa shape index (κ3) is 3.09. The lowest BCUT2D eigenvalue weighted by atomic mass is 10.0. The van der Waals surface area contributed by atoms with Gasteiger partial charge in [-0.2, -0.15) is 0 Å². The van der Waals surface area contributed by atoms with E-state index in [9.17, 15) is 4.79 Å². The predicted octanol–water partition coefficient (Wildman–Crippen LogP) is 4.89. The van der Waals surface area contributed by atoms with Gasteiger partial charge < -0.3 is 0 Å². The van der Waals surface area contributed by atoms with Crippen molar-refractivity contribution in [2.45, 2.75) is 0 Å². The highest BCUT2D eigenvalue weighted by molar-refractivity contribution is 9.10. The van der Waals surface area contributed by atoms with Crippen LogP contribution >= 0.6 is 15.9 Å². The fraction of sp³-hybridized carbons (Fsp3) is 0. The molecule has 0 atom stereocenters. The molecule has 0 radical (unpaired) electrons. The molecule has 0 bridgehead atoms. The number of aromatic nitrogens is 1. The number of benzene rings is 2. The standard InChI is InChI=1S/C18H12BrNO/c19-15-9-6-13(7-10-15)8-11-17(21)16-5-1-3-14-4-2-12-20-18(14)16/h1-12H/b11-8+. The number of ketones is 1. The molecule has 0 saturated heterocycles. The van der Waals surface area contributed by atoms with Crippen molar-refractivity contribution < 1.29 is 4.79 Å². The minimum atomic E-state index is -0.0396. The summed E-state index contributed by atoms with van der Waals surface area (Å²) in [6, 6.07) is 17.3. The van der Waals surface area contributed by atoms with Crippen molar-refractivity contribution in [2.75, 3.05) is 0 Å². The summed E-state index contributed by atoms with van der Waals surface area (Å²) >= 11 is 3.39. The second kappa shape index (κ2) is 6.02. The van der Waals surface area contributed by atoms with Crippen LogP contribution in [0.3, 0.4) is 0 Å². The molecule has 0 aliphatic rings. The number of halogens is 1. The number of nitrogens with zero attached hydrogens (tertiary/aromatic N) is 1. The molecule has 2 aromatic carbocycles. The van der Waals surface area contributed by atoms with Gasteiger partial charge in [-0.05, 0) is 35.9 Å². The summed E-state index contributed by atoms with van der Waals surface area (Å²) in [5.74, 6) is -0.0396. The van der Waals surface area contributed by atoms with E-state index >= 15 is 0 Å². The third-order valence-corrected chi connectivity index (χ3v) is 3.72. The van der Waals surface area contributed by atoms with Crippen LogP contribution in [0.2, 0.25) is 0 Å². The first kappa shape index (κ1) is 13.7. The molecule has 21 heavy (non-hydrogen) atoms. The molecule has 0 N–H and O–H groups in total. The van der Waals surface area contributed by atoms with Gasteiger partial charge in [0.2, 0.25) is 0 Å². The van der Waals surface area contributed by atoms with E-state index in [0.29, 0.717) is 5.56 Å². The van der Waals surface area contributed by atoms with E-state index in [4.69, 9.17) is 0 Å². The normalized spacial score (nSPS) is 11.1. The molecule has 0 aliphatic carbocycles. The average Bonchev–Trinajstić information content (AvgIpc) is 2.53. The van der Waals surface area contributed by atoms with Gasteiger partial charge in [0, 0.05) is 21.6 Å². The van der Waals surface area contributed by atoms with Crippen molar-refractivity contribution in [3.05, 3.63) is 82.5 Å². The molecular formula is C18H12BrNO. The first-order valence-corrected chi connectivity index (χ1v) is 7.35. The Morgan fingerprint density at radius 3 is 2.57 bits per heavy atom. The largest absolute Gasteiger partial charge is 0.289 e. The zero-order valence-electron chi connectivity index (χ0n) is 11.2. The molecule has 1 heterocycles. The van der Waals surface area contributed by atoms with Gasteiger partial charge in [0.1, 0.15) is 0 Å². The highest BCUT2D eigenvalue weighted by Gasteiger charge is 2.07. The number of hydrogen-bond acceptors (Lipinski definition) is 2. The Labute approximate surface area is 131 Å². The van der Waals surface area contributed by atoms with Crippen LogP contribution in [0.4, 0.5) is 0 Å². The molecule has 0 spiro atoms. The quantitative estimate of drug-likeness (QED) is 0.503. The van der Waals surface area contributed by atoms with Crippen molar-refractivity contribution >= 4 is 38.7 Å². The smallest absolute Gasteiger partial charge is 0.188 e. The Bertz CT molecular complexity index is 817. The Kier molecular flexibility index (Phi) is 3.93. The summed E-state index contributed by atoms with van der Waals surface area (Å²) in [5.41, 5.74) is 2.35. The topological polar surface area (TPSA) is 30.0 Å². The lowest BCUT2D eigenvalue weighted by molar-refractivity contribution is 0.104. The van der Waals surface area contributed by atoms with Crippen molar-refractivity contribution in [1.82, 2.24) is 4.98 Å². The van der Waals surface area contributed by atoms with Crippen LogP contribution in [-0.2, 0) is 0 Å². The average molecular weight is 338 g/mol. The number of pyridine rings is 1. The molecule has 3 aromatic rings. The summed E-state index contributed by atoms with van der Waals surface area (Å²) in [6.07, 6.45) is 5.11. The number of rotatable bonds is 3. The fourth-order valence-corrected chi connectivity index (χ4v) is 2.40. The SMILES string of the molecule is O=C(/C=C/c1ccc(Br)cc1)c1cccc2cccnc12. The molecule has 3 heteroatoms. The molecule has 0 aliphatic heterocycles. The van der Waals surface area contributed by atoms with Crippen LogP contribution in [0.5, 0.6) is 0 Å². The van der Waals surface area contributed by atoms with Crippen LogP contribution in [0, 0.1) is 0 Å². The monoisotopic (exact) mass is 337 g/mol. The summed E-state index contributed by atoms with van der Waals surface area (Å²) in [7, 11) is 0. The third-order valence-electron chi connectivity index (χ3n) is 3.20. The molecular weight excluding hydrogens is 326 g/mol. The number of para-hydroxylation sites is 1. The Hall–Kier alpha value is -2.26. The van der Waals surface area contributed by atoms with Gasteiger partial charge in [0.15, 0.2) is 5.78 Å². The van der Waals surface area contributed by atoms with E-state index < -0.39 is 0 Å². The maximum atomic E-state index is 12.4. The summed E-state index contributed by atoms with van der Waals surface area (Å²) in [5, 5.41) is 0.973. The van der Waals surface area contributed by atoms with Crippen molar-refractivity contribution in [3.8, 4) is 0 Å². The zero-order chi connectivity index (χ0) is 14.7. The maximum absolute atomic E-state index is 12.4. The van der Waals surface area contributed by atoms with E-state index in [1.807, 2.05) is 60.7 Å². The van der Waals surface area contributed by atoms with E-state index in [-0.39, 0.29) is 5.78 Å². The first-order chi connectivity index (χ1) is 10.2.